The van der Waals surface area contributed by atoms with E-state index in [1.807, 2.05) is 30.3 Å². The van der Waals surface area contributed by atoms with Gasteiger partial charge in [-0.1, -0.05) is 61.5 Å². The first-order valence-corrected chi connectivity index (χ1v) is 7.47. The van der Waals surface area contributed by atoms with Crippen LogP contribution in [0.5, 0.6) is 0 Å². The van der Waals surface area contributed by atoms with E-state index in [4.69, 9.17) is 5.73 Å². The van der Waals surface area contributed by atoms with Gasteiger partial charge in [0.2, 0.25) is 5.91 Å². The lowest BCUT2D eigenvalue weighted by molar-refractivity contribution is -0.118. The van der Waals surface area contributed by atoms with Gasteiger partial charge in [-0.3, -0.25) is 4.79 Å². The zero-order valence-electron chi connectivity index (χ0n) is 12.7. The maximum absolute atomic E-state index is 11.7. The number of anilines is 1. The van der Waals surface area contributed by atoms with E-state index in [2.05, 4.69) is 42.6 Å². The Morgan fingerprint density at radius 2 is 1.82 bits per heavy atom. The van der Waals surface area contributed by atoms with Crippen LogP contribution in [0.15, 0.2) is 60.2 Å². The second-order valence-electron chi connectivity index (χ2n) is 5.95. The van der Waals surface area contributed by atoms with Crippen molar-refractivity contribution in [3.63, 3.8) is 0 Å². The molecule has 0 radical (unpaired) electrons. The Kier molecular flexibility index (Phi) is 3.72. The number of rotatable bonds is 4. The highest BCUT2D eigenvalue weighted by Gasteiger charge is 2.34. The van der Waals surface area contributed by atoms with Crippen molar-refractivity contribution in [3.8, 4) is 0 Å². The Balaban J connectivity index is 2.08. The van der Waals surface area contributed by atoms with Gasteiger partial charge in [0.25, 0.3) is 0 Å². The lowest BCUT2D eigenvalue weighted by atomic mass is 9.71. The van der Waals surface area contributed by atoms with Gasteiger partial charge in [0.1, 0.15) is 0 Å². The second kappa shape index (κ2) is 5.68. The zero-order valence-corrected chi connectivity index (χ0v) is 12.7. The van der Waals surface area contributed by atoms with Gasteiger partial charge in [0.05, 0.1) is 0 Å². The number of benzene rings is 2. The van der Waals surface area contributed by atoms with E-state index in [-0.39, 0.29) is 5.91 Å². The first-order valence-electron chi connectivity index (χ1n) is 7.47. The van der Waals surface area contributed by atoms with E-state index in [0.29, 0.717) is 6.42 Å². The van der Waals surface area contributed by atoms with E-state index in [0.717, 1.165) is 23.4 Å². The third-order valence-electron chi connectivity index (χ3n) is 4.41. The number of primary amides is 1. The fraction of sp³-hybridized carbons (Fsp3) is 0.211. The van der Waals surface area contributed by atoms with Gasteiger partial charge >= 0.3 is 0 Å². The van der Waals surface area contributed by atoms with Crippen molar-refractivity contribution in [1.29, 1.82) is 0 Å². The first kappa shape index (κ1) is 14.4. The van der Waals surface area contributed by atoms with Crippen LogP contribution in [0.4, 0.5) is 5.69 Å². The SMILES string of the molecule is CC(CC(N)=O)(C1=Cc2ccccc2NC1)c1ccccc1. The molecule has 3 N–H and O–H groups in total. The quantitative estimate of drug-likeness (QED) is 0.908. The topological polar surface area (TPSA) is 55.1 Å². The van der Waals surface area contributed by atoms with Gasteiger partial charge in [0.15, 0.2) is 0 Å². The summed E-state index contributed by atoms with van der Waals surface area (Å²) >= 11 is 0. The highest BCUT2D eigenvalue weighted by Crippen LogP contribution is 2.39. The minimum atomic E-state index is -0.395. The molecule has 1 unspecified atom stereocenters. The Labute approximate surface area is 130 Å². The largest absolute Gasteiger partial charge is 0.381 e. The molecule has 1 aliphatic heterocycles. The van der Waals surface area contributed by atoms with Crippen molar-refractivity contribution < 1.29 is 4.79 Å². The Morgan fingerprint density at radius 3 is 2.55 bits per heavy atom. The van der Waals surface area contributed by atoms with Crippen molar-refractivity contribution >= 4 is 17.7 Å². The predicted molar refractivity (Wildman–Crippen MR) is 90.5 cm³/mol. The molecule has 1 amide bonds. The highest BCUT2D eigenvalue weighted by atomic mass is 16.1. The summed E-state index contributed by atoms with van der Waals surface area (Å²) in [6.07, 6.45) is 2.48. The summed E-state index contributed by atoms with van der Waals surface area (Å²) < 4.78 is 0. The fourth-order valence-electron chi connectivity index (χ4n) is 3.12. The molecule has 1 heterocycles. The van der Waals surface area contributed by atoms with E-state index < -0.39 is 5.41 Å². The van der Waals surface area contributed by atoms with Crippen LogP contribution in [0.2, 0.25) is 0 Å². The summed E-state index contributed by atoms with van der Waals surface area (Å²) in [5, 5.41) is 3.44. The lowest BCUT2D eigenvalue weighted by Gasteiger charge is -2.35. The van der Waals surface area contributed by atoms with Crippen molar-refractivity contribution in [2.45, 2.75) is 18.8 Å². The third kappa shape index (κ3) is 2.62. The summed E-state index contributed by atoms with van der Waals surface area (Å²) in [7, 11) is 0. The van der Waals surface area contributed by atoms with Gasteiger partial charge in [-0.2, -0.15) is 0 Å². The molecule has 0 aliphatic carbocycles. The fourth-order valence-corrected chi connectivity index (χ4v) is 3.12. The molecule has 0 bridgehead atoms. The molecule has 0 saturated carbocycles. The number of nitrogens with two attached hydrogens (primary N) is 1. The van der Waals surface area contributed by atoms with E-state index in [1.165, 1.54) is 5.57 Å². The van der Waals surface area contributed by atoms with E-state index in [1.54, 1.807) is 0 Å². The van der Waals surface area contributed by atoms with Crippen molar-refractivity contribution in [3.05, 3.63) is 71.3 Å². The molecule has 0 saturated heterocycles. The second-order valence-corrected chi connectivity index (χ2v) is 5.95. The maximum atomic E-state index is 11.7. The number of hydrogen-bond donors (Lipinski definition) is 2. The maximum Gasteiger partial charge on any atom is 0.218 e. The third-order valence-corrected chi connectivity index (χ3v) is 4.41. The number of carbonyl (C=O) groups excluding carboxylic acids is 1. The summed E-state index contributed by atoms with van der Waals surface area (Å²) in [6, 6.07) is 18.3. The number of nitrogens with one attached hydrogen (secondary N) is 1. The molecule has 3 nitrogen and oxygen atoms in total. The van der Waals surface area contributed by atoms with Gasteiger partial charge in [-0.15, -0.1) is 0 Å². The monoisotopic (exact) mass is 292 g/mol. The number of fused-ring (bicyclic) bond motifs is 1. The lowest BCUT2D eigenvalue weighted by Crippen LogP contribution is -2.34. The molecule has 2 aromatic rings. The van der Waals surface area contributed by atoms with Gasteiger partial charge in [-0.25, -0.2) is 0 Å². The molecule has 1 aliphatic rings. The summed E-state index contributed by atoms with van der Waals surface area (Å²) in [4.78, 5) is 11.7. The van der Waals surface area contributed by atoms with Crippen LogP contribution in [-0.2, 0) is 10.2 Å². The van der Waals surface area contributed by atoms with Crippen molar-refractivity contribution in [2.75, 3.05) is 11.9 Å². The molecule has 3 heteroatoms. The molecule has 0 aromatic heterocycles. The van der Waals surface area contributed by atoms with Crippen molar-refractivity contribution in [1.82, 2.24) is 0 Å². The molecule has 0 fully saturated rings. The average Bonchev–Trinajstić information content (AvgIpc) is 2.54. The Morgan fingerprint density at radius 1 is 1.14 bits per heavy atom. The van der Waals surface area contributed by atoms with E-state index >= 15 is 0 Å². The molecule has 3 rings (SSSR count). The van der Waals surface area contributed by atoms with Crippen LogP contribution in [0, 0.1) is 0 Å². The minimum Gasteiger partial charge on any atom is -0.381 e. The Bertz CT molecular complexity index is 721. The molecule has 1 atom stereocenters. The summed E-state index contributed by atoms with van der Waals surface area (Å²) in [5.74, 6) is -0.286. The highest BCUT2D eigenvalue weighted by molar-refractivity contribution is 5.79. The standard InChI is InChI=1S/C19H20N2O/c1-19(12-18(20)22,15-8-3-2-4-9-15)16-11-14-7-5-6-10-17(14)21-13-16/h2-11,21H,12-13H2,1H3,(H2,20,22). The molecule has 2 aromatic carbocycles. The zero-order chi connectivity index (χ0) is 15.6. The summed E-state index contributed by atoms with van der Waals surface area (Å²) in [5.41, 5.74) is 9.70. The summed E-state index contributed by atoms with van der Waals surface area (Å²) in [6.45, 7) is 2.81. The molecular formula is C19H20N2O. The van der Waals surface area contributed by atoms with Gasteiger partial charge in [-0.05, 0) is 22.8 Å². The first-order chi connectivity index (χ1) is 10.6. The molecule has 22 heavy (non-hydrogen) atoms. The van der Waals surface area contributed by atoms with Crippen molar-refractivity contribution in [2.24, 2.45) is 5.73 Å². The van der Waals surface area contributed by atoms with Crippen LogP contribution in [-0.4, -0.2) is 12.5 Å². The van der Waals surface area contributed by atoms with Crippen LogP contribution in [0.3, 0.4) is 0 Å². The smallest absolute Gasteiger partial charge is 0.218 e. The number of para-hydroxylation sites is 1. The molecular weight excluding hydrogens is 272 g/mol. The number of hydrogen-bond acceptors (Lipinski definition) is 2. The van der Waals surface area contributed by atoms with Crippen LogP contribution in [0.1, 0.15) is 24.5 Å². The van der Waals surface area contributed by atoms with Crippen LogP contribution >= 0.6 is 0 Å². The van der Waals surface area contributed by atoms with Gasteiger partial charge < -0.3 is 11.1 Å². The number of amides is 1. The number of carbonyl (C=O) groups is 1. The van der Waals surface area contributed by atoms with Gasteiger partial charge in [0, 0.05) is 24.1 Å². The molecule has 112 valence electrons. The minimum absolute atomic E-state index is 0.286. The normalized spacial score (nSPS) is 16.0. The van der Waals surface area contributed by atoms with Crippen LogP contribution < -0.4 is 11.1 Å². The predicted octanol–water partition coefficient (Wildman–Crippen LogP) is 3.33. The van der Waals surface area contributed by atoms with Crippen LogP contribution in [0.25, 0.3) is 6.08 Å². The van der Waals surface area contributed by atoms with E-state index in [9.17, 15) is 4.79 Å². The molecule has 0 spiro atoms. The Hall–Kier alpha value is -2.55. The average molecular weight is 292 g/mol.